The SMILES string of the molecule is CC/C=C\C/C=C\C/C=C\C/C=C\C/C=C\C/C=C\CCCCCCCCCCCCCCC(=O)OCC(COC(=O)CCCCCCC/C=C\CCCC)OC(=O)CCCCCCC/C=C\CCCCCCC. The second-order valence-electron chi connectivity index (χ2n) is 20.6. The first-order valence-corrected chi connectivity index (χ1v) is 31.2. The minimum absolute atomic E-state index is 0.0829. The summed E-state index contributed by atoms with van der Waals surface area (Å²) in [5.74, 6) is -0.897. The molecule has 0 rings (SSSR count). The van der Waals surface area contributed by atoms with Gasteiger partial charge >= 0.3 is 17.9 Å². The smallest absolute Gasteiger partial charge is 0.306 e. The molecule has 0 aliphatic heterocycles. The van der Waals surface area contributed by atoms with E-state index in [0.29, 0.717) is 19.3 Å². The van der Waals surface area contributed by atoms with Gasteiger partial charge < -0.3 is 14.2 Å². The van der Waals surface area contributed by atoms with Crippen LogP contribution in [0.3, 0.4) is 0 Å². The summed E-state index contributed by atoms with van der Waals surface area (Å²) in [6, 6.07) is 0. The molecule has 0 aromatic carbocycles. The first kappa shape index (κ1) is 70.3. The fourth-order valence-electron chi connectivity index (χ4n) is 8.60. The Kier molecular flexibility index (Phi) is 58.8. The van der Waals surface area contributed by atoms with E-state index in [9.17, 15) is 14.4 Å². The molecule has 0 fully saturated rings. The molecule has 1 unspecified atom stereocenters. The van der Waals surface area contributed by atoms with E-state index in [2.05, 4.69) is 118 Å². The highest BCUT2D eigenvalue weighted by Crippen LogP contribution is 2.16. The van der Waals surface area contributed by atoms with E-state index in [-0.39, 0.29) is 31.1 Å². The van der Waals surface area contributed by atoms with Gasteiger partial charge in [0.05, 0.1) is 0 Å². The van der Waals surface area contributed by atoms with Crippen LogP contribution in [0.15, 0.2) is 97.2 Å². The minimum atomic E-state index is -0.785. The van der Waals surface area contributed by atoms with Gasteiger partial charge in [-0.05, 0) is 116 Å². The molecule has 0 radical (unpaired) electrons. The standard InChI is InChI=1S/C68H116O6/c1-4-7-10-13-16-19-22-24-26-27-28-29-30-31-32-33-34-35-36-37-38-39-40-41-42-44-46-49-52-55-58-61-67(70)73-64-65(63-72-66(69)60-57-54-51-48-45-21-18-15-12-9-6-3)74-68(71)62-59-56-53-50-47-43-25-23-20-17-14-11-8-5-2/h7,10,15-16,18-19,23-26,28-29,31-32,34-35,65H,4-6,8-9,11-14,17,20-22,27,30,33,36-64H2,1-3H3/b10-7-,18-15-,19-16-,25-23-,26-24-,29-28-,32-31-,35-34-. The van der Waals surface area contributed by atoms with Crippen molar-refractivity contribution in [2.45, 2.75) is 303 Å². The molecule has 0 aromatic rings. The van der Waals surface area contributed by atoms with Gasteiger partial charge in [-0.25, -0.2) is 0 Å². The Bertz CT molecular complexity index is 1460. The lowest BCUT2D eigenvalue weighted by atomic mass is 10.0. The van der Waals surface area contributed by atoms with Crippen molar-refractivity contribution in [1.29, 1.82) is 0 Å². The number of esters is 3. The lowest BCUT2D eigenvalue weighted by Gasteiger charge is -2.18. The van der Waals surface area contributed by atoms with Crippen LogP contribution < -0.4 is 0 Å². The van der Waals surface area contributed by atoms with Crippen molar-refractivity contribution in [3.05, 3.63) is 97.2 Å². The predicted molar refractivity (Wildman–Crippen MR) is 320 cm³/mol. The van der Waals surface area contributed by atoms with Crippen LogP contribution in [-0.4, -0.2) is 37.2 Å². The monoisotopic (exact) mass is 1030 g/mol. The van der Waals surface area contributed by atoms with E-state index >= 15 is 0 Å². The Morgan fingerprint density at radius 2 is 0.541 bits per heavy atom. The van der Waals surface area contributed by atoms with Gasteiger partial charge in [0.2, 0.25) is 0 Å². The van der Waals surface area contributed by atoms with Gasteiger partial charge in [0.1, 0.15) is 13.2 Å². The molecular formula is C68H116O6. The molecule has 0 heterocycles. The second-order valence-corrected chi connectivity index (χ2v) is 20.6. The first-order chi connectivity index (χ1) is 36.5. The predicted octanol–water partition coefficient (Wildman–Crippen LogP) is 21.3. The van der Waals surface area contributed by atoms with Gasteiger partial charge in [-0.15, -0.1) is 0 Å². The molecular weight excluding hydrogens is 913 g/mol. The molecule has 0 saturated carbocycles. The van der Waals surface area contributed by atoms with Gasteiger partial charge in [-0.3, -0.25) is 14.4 Å². The normalized spacial score (nSPS) is 12.7. The van der Waals surface area contributed by atoms with E-state index in [1.54, 1.807) is 0 Å². The van der Waals surface area contributed by atoms with Crippen LogP contribution in [0, 0.1) is 0 Å². The average Bonchev–Trinajstić information content (AvgIpc) is 3.40. The summed E-state index contributed by atoms with van der Waals surface area (Å²) in [5, 5.41) is 0. The zero-order valence-corrected chi connectivity index (χ0v) is 48.6. The largest absolute Gasteiger partial charge is 0.462 e. The van der Waals surface area contributed by atoms with Crippen molar-refractivity contribution >= 4 is 17.9 Å². The summed E-state index contributed by atoms with van der Waals surface area (Å²) in [4.78, 5) is 38.1. The van der Waals surface area contributed by atoms with Gasteiger partial charge in [-0.2, -0.15) is 0 Å². The Morgan fingerprint density at radius 3 is 0.878 bits per heavy atom. The molecule has 6 heteroatoms. The fraction of sp³-hybridized carbons (Fsp3) is 0.721. The first-order valence-electron chi connectivity index (χ1n) is 31.2. The van der Waals surface area contributed by atoms with Crippen molar-refractivity contribution in [3.63, 3.8) is 0 Å². The number of unbranched alkanes of at least 4 members (excludes halogenated alkanes) is 29. The van der Waals surface area contributed by atoms with Crippen LogP contribution in [0.4, 0.5) is 0 Å². The number of hydrogen-bond acceptors (Lipinski definition) is 6. The van der Waals surface area contributed by atoms with E-state index in [1.807, 2.05) is 0 Å². The van der Waals surface area contributed by atoms with E-state index in [0.717, 1.165) is 116 Å². The summed E-state index contributed by atoms with van der Waals surface area (Å²) < 4.78 is 16.9. The number of rotatable bonds is 56. The van der Waals surface area contributed by atoms with E-state index in [4.69, 9.17) is 14.2 Å². The highest BCUT2D eigenvalue weighted by atomic mass is 16.6. The summed E-state index contributed by atoms with van der Waals surface area (Å²) in [6.45, 7) is 6.48. The Morgan fingerprint density at radius 1 is 0.284 bits per heavy atom. The van der Waals surface area contributed by atoms with Crippen molar-refractivity contribution in [1.82, 2.24) is 0 Å². The quantitative estimate of drug-likeness (QED) is 0.0261. The highest BCUT2D eigenvalue weighted by molar-refractivity contribution is 5.71. The van der Waals surface area contributed by atoms with Gasteiger partial charge in [0.25, 0.3) is 0 Å². The minimum Gasteiger partial charge on any atom is -0.462 e. The third kappa shape index (κ3) is 59.2. The number of carbonyl (C=O) groups is 3. The van der Waals surface area contributed by atoms with Crippen LogP contribution in [0.25, 0.3) is 0 Å². The fourth-order valence-corrected chi connectivity index (χ4v) is 8.60. The molecule has 0 aliphatic rings. The molecule has 424 valence electrons. The molecule has 0 saturated heterocycles. The lowest BCUT2D eigenvalue weighted by molar-refractivity contribution is -0.167. The molecule has 6 nitrogen and oxygen atoms in total. The zero-order valence-electron chi connectivity index (χ0n) is 48.6. The third-order valence-electron chi connectivity index (χ3n) is 13.3. The van der Waals surface area contributed by atoms with Crippen molar-refractivity contribution < 1.29 is 28.6 Å². The number of ether oxygens (including phenoxy) is 3. The van der Waals surface area contributed by atoms with Crippen LogP contribution in [0.5, 0.6) is 0 Å². The maximum absolute atomic E-state index is 12.8. The van der Waals surface area contributed by atoms with Gasteiger partial charge in [0.15, 0.2) is 6.10 Å². The molecule has 0 amide bonds. The zero-order chi connectivity index (χ0) is 53.6. The number of hydrogen-bond donors (Lipinski definition) is 0. The van der Waals surface area contributed by atoms with E-state index in [1.165, 1.54) is 141 Å². The molecule has 74 heavy (non-hydrogen) atoms. The average molecular weight is 1030 g/mol. The summed E-state index contributed by atoms with van der Waals surface area (Å²) >= 11 is 0. The van der Waals surface area contributed by atoms with Crippen molar-refractivity contribution in [3.8, 4) is 0 Å². The molecule has 0 aromatic heterocycles. The summed E-state index contributed by atoms with van der Waals surface area (Å²) in [7, 11) is 0. The molecule has 1 atom stereocenters. The molecule has 0 bridgehead atoms. The Labute approximate surface area is 457 Å². The van der Waals surface area contributed by atoms with Crippen molar-refractivity contribution in [2.75, 3.05) is 13.2 Å². The van der Waals surface area contributed by atoms with E-state index < -0.39 is 6.10 Å². The topological polar surface area (TPSA) is 78.9 Å². The molecule has 0 aliphatic carbocycles. The highest BCUT2D eigenvalue weighted by Gasteiger charge is 2.19. The van der Waals surface area contributed by atoms with Gasteiger partial charge in [-0.1, -0.05) is 259 Å². The maximum Gasteiger partial charge on any atom is 0.306 e. The second kappa shape index (κ2) is 61.9. The summed E-state index contributed by atoms with van der Waals surface area (Å²) in [5.41, 5.74) is 0. The Hall–Kier alpha value is -3.67. The number of allylic oxidation sites excluding steroid dienone is 16. The third-order valence-corrected chi connectivity index (χ3v) is 13.3. The van der Waals surface area contributed by atoms with Crippen LogP contribution in [0.2, 0.25) is 0 Å². The van der Waals surface area contributed by atoms with Crippen LogP contribution >= 0.6 is 0 Å². The van der Waals surface area contributed by atoms with Crippen LogP contribution in [0.1, 0.15) is 297 Å². The lowest BCUT2D eigenvalue weighted by Crippen LogP contribution is -2.30. The maximum atomic E-state index is 12.8. The summed E-state index contributed by atoms with van der Waals surface area (Å²) in [6.07, 6.45) is 82.8. The molecule has 0 N–H and O–H groups in total. The van der Waals surface area contributed by atoms with Gasteiger partial charge in [0, 0.05) is 19.3 Å². The Balaban J connectivity index is 4.19. The number of carbonyl (C=O) groups excluding carboxylic acids is 3. The van der Waals surface area contributed by atoms with Crippen molar-refractivity contribution in [2.24, 2.45) is 0 Å². The van der Waals surface area contributed by atoms with Crippen LogP contribution in [-0.2, 0) is 28.6 Å². The molecule has 0 spiro atoms.